The minimum absolute atomic E-state index is 0.114. The maximum Gasteiger partial charge on any atom is 0.338 e. The van der Waals surface area contributed by atoms with Crippen LogP contribution in [0.15, 0.2) is 84.9 Å². The lowest BCUT2D eigenvalue weighted by atomic mass is 9.90. The van der Waals surface area contributed by atoms with Gasteiger partial charge in [-0.15, -0.1) is 0 Å². The minimum atomic E-state index is -0.441. The molecule has 0 atom stereocenters. The van der Waals surface area contributed by atoms with Crippen molar-refractivity contribution >= 4 is 11.9 Å². The number of hydrogen-bond acceptors (Lipinski definition) is 3. The average molecular weight is 428 g/mol. The van der Waals surface area contributed by atoms with Crippen LogP contribution in [0.2, 0.25) is 0 Å². The minimum Gasteiger partial charge on any atom is -0.452 e. The van der Waals surface area contributed by atoms with Crippen molar-refractivity contribution in [2.45, 2.75) is 25.7 Å². The Balaban J connectivity index is 1.27. The molecule has 0 N–H and O–H groups in total. The van der Waals surface area contributed by atoms with E-state index in [0.717, 1.165) is 43.5 Å². The summed E-state index contributed by atoms with van der Waals surface area (Å²) >= 11 is 0. The van der Waals surface area contributed by atoms with Crippen LogP contribution in [0, 0.1) is 5.92 Å². The van der Waals surface area contributed by atoms with Crippen molar-refractivity contribution in [2.75, 3.05) is 19.7 Å². The monoisotopic (exact) mass is 427 g/mol. The van der Waals surface area contributed by atoms with E-state index in [1.165, 1.54) is 5.56 Å². The van der Waals surface area contributed by atoms with Crippen molar-refractivity contribution < 1.29 is 14.3 Å². The van der Waals surface area contributed by atoms with Crippen LogP contribution in [0.3, 0.4) is 0 Å². The topological polar surface area (TPSA) is 46.6 Å². The van der Waals surface area contributed by atoms with Gasteiger partial charge in [0.2, 0.25) is 0 Å². The van der Waals surface area contributed by atoms with E-state index in [1.54, 1.807) is 6.07 Å². The summed E-state index contributed by atoms with van der Waals surface area (Å²) in [6, 6.07) is 27.9. The van der Waals surface area contributed by atoms with Crippen LogP contribution in [0.1, 0.15) is 39.9 Å². The molecule has 4 rings (SSSR count). The van der Waals surface area contributed by atoms with Gasteiger partial charge in [-0.1, -0.05) is 78.9 Å². The number of hydrogen-bond donors (Lipinski definition) is 0. The number of benzene rings is 3. The number of carbonyl (C=O) groups is 2. The third-order valence-corrected chi connectivity index (χ3v) is 6.14. The molecule has 1 saturated heterocycles. The van der Waals surface area contributed by atoms with E-state index in [0.29, 0.717) is 17.9 Å². The van der Waals surface area contributed by atoms with Gasteiger partial charge >= 0.3 is 5.97 Å². The van der Waals surface area contributed by atoms with Gasteiger partial charge < -0.3 is 9.64 Å². The van der Waals surface area contributed by atoms with Gasteiger partial charge in [-0.05, 0) is 54.4 Å². The highest BCUT2D eigenvalue weighted by Crippen LogP contribution is 2.22. The molecule has 3 aromatic rings. The number of carbonyl (C=O) groups excluding carboxylic acids is 2. The molecular weight excluding hydrogens is 398 g/mol. The van der Waals surface area contributed by atoms with E-state index >= 15 is 0 Å². The molecular formula is C28H29NO3. The van der Waals surface area contributed by atoms with Gasteiger partial charge in [0.1, 0.15) is 0 Å². The van der Waals surface area contributed by atoms with E-state index in [-0.39, 0.29) is 12.5 Å². The molecule has 164 valence electrons. The SMILES string of the molecule is O=C(OCC(=O)N1CCC(Cc2ccccc2)CC1)c1ccccc1Cc1ccccc1. The van der Waals surface area contributed by atoms with E-state index in [1.807, 2.05) is 59.5 Å². The largest absolute Gasteiger partial charge is 0.452 e. The Labute approximate surface area is 189 Å². The molecule has 1 amide bonds. The fourth-order valence-electron chi connectivity index (χ4n) is 4.32. The first-order valence-corrected chi connectivity index (χ1v) is 11.3. The molecule has 0 aliphatic carbocycles. The van der Waals surface area contributed by atoms with Crippen molar-refractivity contribution in [3.63, 3.8) is 0 Å². The summed E-state index contributed by atoms with van der Waals surface area (Å²) in [5, 5.41) is 0. The number of esters is 1. The third kappa shape index (κ3) is 5.85. The van der Waals surface area contributed by atoms with Crippen LogP contribution in [-0.4, -0.2) is 36.5 Å². The van der Waals surface area contributed by atoms with Gasteiger partial charge in [0.15, 0.2) is 6.61 Å². The van der Waals surface area contributed by atoms with Gasteiger partial charge in [-0.3, -0.25) is 4.79 Å². The molecule has 0 saturated carbocycles. The molecule has 4 heteroatoms. The van der Waals surface area contributed by atoms with Crippen molar-refractivity contribution in [3.8, 4) is 0 Å². The Morgan fingerprint density at radius 1 is 0.781 bits per heavy atom. The van der Waals surface area contributed by atoms with Gasteiger partial charge in [0.05, 0.1) is 5.56 Å². The fraction of sp³-hybridized carbons (Fsp3) is 0.286. The zero-order valence-corrected chi connectivity index (χ0v) is 18.3. The number of likely N-dealkylation sites (tertiary alicyclic amines) is 1. The van der Waals surface area contributed by atoms with Crippen LogP contribution >= 0.6 is 0 Å². The highest BCUT2D eigenvalue weighted by molar-refractivity contribution is 5.92. The summed E-state index contributed by atoms with van der Waals surface area (Å²) in [5.74, 6) is 0.0368. The van der Waals surface area contributed by atoms with E-state index in [4.69, 9.17) is 4.74 Å². The maximum absolute atomic E-state index is 12.7. The fourth-order valence-corrected chi connectivity index (χ4v) is 4.32. The molecule has 4 nitrogen and oxygen atoms in total. The van der Waals surface area contributed by atoms with E-state index in [9.17, 15) is 9.59 Å². The Morgan fingerprint density at radius 3 is 2.06 bits per heavy atom. The second kappa shape index (κ2) is 10.8. The van der Waals surface area contributed by atoms with Crippen LogP contribution < -0.4 is 0 Å². The number of amides is 1. The summed E-state index contributed by atoms with van der Waals surface area (Å²) in [6.45, 7) is 1.23. The number of rotatable bonds is 7. The lowest BCUT2D eigenvalue weighted by Crippen LogP contribution is -2.41. The molecule has 0 bridgehead atoms. The molecule has 1 heterocycles. The summed E-state index contributed by atoms with van der Waals surface area (Å²) in [4.78, 5) is 27.2. The Bertz CT molecular complexity index is 1020. The summed E-state index contributed by atoms with van der Waals surface area (Å²) in [6.07, 6.45) is 3.66. The smallest absolute Gasteiger partial charge is 0.338 e. The Kier molecular flexibility index (Phi) is 7.34. The van der Waals surface area contributed by atoms with Gasteiger partial charge in [-0.2, -0.15) is 0 Å². The number of nitrogens with zero attached hydrogens (tertiary/aromatic N) is 1. The second-order valence-electron chi connectivity index (χ2n) is 8.41. The van der Waals surface area contributed by atoms with Crippen molar-refractivity contribution in [2.24, 2.45) is 5.92 Å². The number of piperidine rings is 1. The Morgan fingerprint density at radius 2 is 1.38 bits per heavy atom. The first-order chi connectivity index (χ1) is 15.7. The highest BCUT2D eigenvalue weighted by Gasteiger charge is 2.24. The molecule has 0 spiro atoms. The molecule has 0 aromatic heterocycles. The van der Waals surface area contributed by atoms with Crippen molar-refractivity contribution in [1.82, 2.24) is 4.90 Å². The predicted molar refractivity (Wildman–Crippen MR) is 125 cm³/mol. The van der Waals surface area contributed by atoms with Crippen LogP contribution in [-0.2, 0) is 22.4 Å². The van der Waals surface area contributed by atoms with Gasteiger partial charge in [0.25, 0.3) is 5.91 Å². The van der Waals surface area contributed by atoms with Crippen molar-refractivity contribution in [3.05, 3.63) is 107 Å². The van der Waals surface area contributed by atoms with Crippen LogP contribution in [0.4, 0.5) is 0 Å². The summed E-state index contributed by atoms with van der Waals surface area (Å²) in [7, 11) is 0. The molecule has 0 radical (unpaired) electrons. The molecule has 1 aliphatic rings. The molecule has 32 heavy (non-hydrogen) atoms. The zero-order valence-electron chi connectivity index (χ0n) is 18.3. The molecule has 0 unspecified atom stereocenters. The molecule has 3 aromatic carbocycles. The number of ether oxygens (including phenoxy) is 1. The van der Waals surface area contributed by atoms with Gasteiger partial charge in [0, 0.05) is 13.1 Å². The summed E-state index contributed by atoms with van der Waals surface area (Å²) < 4.78 is 5.41. The zero-order chi connectivity index (χ0) is 22.2. The first kappa shape index (κ1) is 21.8. The van der Waals surface area contributed by atoms with Crippen LogP contribution in [0.5, 0.6) is 0 Å². The predicted octanol–water partition coefficient (Wildman–Crippen LogP) is 4.92. The van der Waals surface area contributed by atoms with Crippen molar-refractivity contribution in [1.29, 1.82) is 0 Å². The normalized spacial score (nSPS) is 14.2. The maximum atomic E-state index is 12.7. The van der Waals surface area contributed by atoms with E-state index < -0.39 is 5.97 Å². The molecule has 1 fully saturated rings. The third-order valence-electron chi connectivity index (χ3n) is 6.14. The van der Waals surface area contributed by atoms with Crippen LogP contribution in [0.25, 0.3) is 0 Å². The first-order valence-electron chi connectivity index (χ1n) is 11.3. The van der Waals surface area contributed by atoms with E-state index in [2.05, 4.69) is 24.3 Å². The lowest BCUT2D eigenvalue weighted by Gasteiger charge is -2.32. The lowest BCUT2D eigenvalue weighted by molar-refractivity contribution is -0.135. The summed E-state index contributed by atoms with van der Waals surface area (Å²) in [5.41, 5.74) is 3.89. The average Bonchev–Trinajstić information content (AvgIpc) is 2.84. The second-order valence-corrected chi connectivity index (χ2v) is 8.41. The standard InChI is InChI=1S/C28H29NO3/c30-27(29-17-15-24(16-18-29)19-22-9-3-1-4-10-22)21-32-28(31)26-14-8-7-13-25(26)20-23-11-5-2-6-12-23/h1-14,24H,15-21H2. The quantitative estimate of drug-likeness (QED) is 0.503. The molecule has 1 aliphatic heterocycles. The van der Waals surface area contributed by atoms with Gasteiger partial charge in [-0.25, -0.2) is 4.79 Å². The highest BCUT2D eigenvalue weighted by atomic mass is 16.5. The Hall–Kier alpha value is -3.40.